The van der Waals surface area contributed by atoms with E-state index in [1.165, 1.54) is 11.6 Å². The maximum atomic E-state index is 13.8. The van der Waals surface area contributed by atoms with Crippen molar-refractivity contribution in [2.45, 2.75) is 71.8 Å². The van der Waals surface area contributed by atoms with Crippen LogP contribution in [0, 0.1) is 12.3 Å². The Morgan fingerprint density at radius 3 is 2.32 bits per heavy atom. The average molecular weight is 364 g/mol. The lowest BCUT2D eigenvalue weighted by Gasteiger charge is -2.37. The van der Waals surface area contributed by atoms with Gasteiger partial charge in [-0.25, -0.2) is 13.6 Å². The van der Waals surface area contributed by atoms with Gasteiger partial charge in [0.15, 0.2) is 0 Å². The molecular formula is C17H24F4N2O2. The van der Waals surface area contributed by atoms with Crippen molar-refractivity contribution in [1.29, 1.82) is 0 Å². The Kier molecular flexibility index (Phi) is 5.21. The highest BCUT2D eigenvalue weighted by Gasteiger charge is 2.42. The molecule has 1 aliphatic rings. The summed E-state index contributed by atoms with van der Waals surface area (Å²) >= 11 is 0. The van der Waals surface area contributed by atoms with Crippen LogP contribution >= 0.6 is 0 Å². The number of hydrogen-bond acceptors (Lipinski definition) is 3. The van der Waals surface area contributed by atoms with Crippen LogP contribution in [0.4, 0.5) is 17.6 Å². The zero-order valence-corrected chi connectivity index (χ0v) is 15.0. The first-order valence-electron chi connectivity index (χ1n) is 8.39. The maximum absolute atomic E-state index is 13.8. The highest BCUT2D eigenvalue weighted by atomic mass is 19.3. The number of nitrogens with zero attached hydrogens (tertiary/aromatic N) is 2. The van der Waals surface area contributed by atoms with E-state index in [1.807, 2.05) is 6.92 Å². The summed E-state index contributed by atoms with van der Waals surface area (Å²) in [4.78, 5) is 12.2. The first-order chi connectivity index (χ1) is 11.4. The number of alkyl halides is 4. The van der Waals surface area contributed by atoms with Crippen molar-refractivity contribution in [1.82, 2.24) is 9.78 Å². The molecule has 1 aromatic heterocycles. The van der Waals surface area contributed by atoms with E-state index in [-0.39, 0.29) is 50.1 Å². The Morgan fingerprint density at radius 2 is 1.84 bits per heavy atom. The molecule has 0 saturated heterocycles. The Hall–Kier alpha value is -1.60. The van der Waals surface area contributed by atoms with Crippen molar-refractivity contribution in [3.8, 4) is 0 Å². The van der Waals surface area contributed by atoms with Gasteiger partial charge in [-0.05, 0) is 32.1 Å². The molecule has 1 heterocycles. The second-order valence-corrected chi connectivity index (χ2v) is 7.26. The van der Waals surface area contributed by atoms with Gasteiger partial charge in [0.1, 0.15) is 11.4 Å². The molecule has 0 amide bonds. The van der Waals surface area contributed by atoms with Crippen LogP contribution in [0.3, 0.4) is 0 Å². The SMILES string of the molecule is CCOC(=O)c1c(C)c(C(C)(F)F)nn1CC1(C)CCC(F)(F)CC1. The predicted octanol–water partition coefficient (Wildman–Crippen LogP) is 4.70. The molecule has 0 spiro atoms. The van der Waals surface area contributed by atoms with E-state index >= 15 is 0 Å². The largest absolute Gasteiger partial charge is 0.461 e. The van der Waals surface area contributed by atoms with Crippen LogP contribution in [0.5, 0.6) is 0 Å². The highest BCUT2D eigenvalue weighted by molar-refractivity contribution is 5.89. The van der Waals surface area contributed by atoms with Crippen molar-refractivity contribution in [3.63, 3.8) is 0 Å². The van der Waals surface area contributed by atoms with E-state index in [0.29, 0.717) is 6.92 Å². The molecule has 8 heteroatoms. The van der Waals surface area contributed by atoms with Gasteiger partial charge in [-0.2, -0.15) is 13.9 Å². The number of carbonyl (C=O) groups is 1. The monoisotopic (exact) mass is 364 g/mol. The molecule has 142 valence electrons. The number of rotatable bonds is 5. The molecule has 0 radical (unpaired) electrons. The Bertz CT molecular complexity index is 640. The van der Waals surface area contributed by atoms with Gasteiger partial charge < -0.3 is 4.74 Å². The van der Waals surface area contributed by atoms with E-state index in [1.54, 1.807) is 6.92 Å². The summed E-state index contributed by atoms with van der Waals surface area (Å²) in [6, 6.07) is 0. The molecule has 4 nitrogen and oxygen atoms in total. The number of carbonyl (C=O) groups excluding carboxylic acids is 1. The molecule has 25 heavy (non-hydrogen) atoms. The van der Waals surface area contributed by atoms with E-state index < -0.39 is 28.9 Å². The molecule has 0 atom stereocenters. The number of halogens is 4. The van der Waals surface area contributed by atoms with E-state index in [2.05, 4.69) is 5.10 Å². The van der Waals surface area contributed by atoms with Crippen LogP contribution in [-0.2, 0) is 17.2 Å². The predicted molar refractivity (Wildman–Crippen MR) is 84.0 cm³/mol. The van der Waals surface area contributed by atoms with Gasteiger partial charge in [0.05, 0.1) is 6.61 Å². The first-order valence-corrected chi connectivity index (χ1v) is 8.39. The van der Waals surface area contributed by atoms with Crippen LogP contribution < -0.4 is 0 Å². The van der Waals surface area contributed by atoms with Crippen molar-refractivity contribution in [3.05, 3.63) is 17.0 Å². The lowest BCUT2D eigenvalue weighted by molar-refractivity contribution is -0.0674. The summed E-state index contributed by atoms with van der Waals surface area (Å²) in [5.41, 5.74) is -0.991. The minimum atomic E-state index is -3.21. The summed E-state index contributed by atoms with van der Waals surface area (Å²) in [5, 5.41) is 3.94. The topological polar surface area (TPSA) is 44.1 Å². The fraction of sp³-hybridized carbons (Fsp3) is 0.765. The molecule has 1 saturated carbocycles. The summed E-state index contributed by atoms with van der Waals surface area (Å²) in [5.74, 6) is -6.63. The lowest BCUT2D eigenvalue weighted by atomic mass is 9.74. The minimum Gasteiger partial charge on any atom is -0.461 e. The first kappa shape index (κ1) is 19.7. The van der Waals surface area contributed by atoms with Crippen LogP contribution in [-0.4, -0.2) is 28.3 Å². The van der Waals surface area contributed by atoms with Gasteiger partial charge in [0.2, 0.25) is 5.92 Å². The van der Waals surface area contributed by atoms with Crippen molar-refractivity contribution < 1.29 is 27.1 Å². The molecule has 0 aliphatic heterocycles. The zero-order valence-electron chi connectivity index (χ0n) is 15.0. The normalized spacial score (nSPS) is 19.7. The third kappa shape index (κ3) is 4.33. The molecule has 1 aromatic rings. The number of aromatic nitrogens is 2. The summed E-state index contributed by atoms with van der Waals surface area (Å²) in [7, 11) is 0. The molecule has 0 bridgehead atoms. The second kappa shape index (κ2) is 6.61. The van der Waals surface area contributed by atoms with Gasteiger partial charge in [-0.15, -0.1) is 0 Å². The summed E-state index contributed by atoms with van der Waals surface area (Å²) in [6.45, 7) is 5.77. The number of esters is 1. The Balaban J connectivity index is 2.37. The average Bonchev–Trinajstić information content (AvgIpc) is 2.79. The Morgan fingerprint density at radius 1 is 1.28 bits per heavy atom. The van der Waals surface area contributed by atoms with Crippen LogP contribution in [0.2, 0.25) is 0 Å². The second-order valence-electron chi connectivity index (χ2n) is 7.26. The van der Waals surface area contributed by atoms with Gasteiger partial charge in [0, 0.05) is 31.9 Å². The van der Waals surface area contributed by atoms with E-state index in [4.69, 9.17) is 4.74 Å². The van der Waals surface area contributed by atoms with E-state index in [9.17, 15) is 22.4 Å². The van der Waals surface area contributed by atoms with Crippen molar-refractivity contribution >= 4 is 5.97 Å². The molecule has 0 unspecified atom stereocenters. The van der Waals surface area contributed by atoms with Gasteiger partial charge in [-0.1, -0.05) is 6.92 Å². The summed E-state index contributed by atoms with van der Waals surface area (Å²) in [6.07, 6.45) is -0.0391. The van der Waals surface area contributed by atoms with Gasteiger partial charge in [0.25, 0.3) is 5.92 Å². The molecule has 1 fully saturated rings. The Labute approximate surface area is 144 Å². The molecule has 0 N–H and O–H groups in total. The zero-order chi connectivity index (χ0) is 19.0. The third-order valence-electron chi connectivity index (χ3n) is 4.79. The van der Waals surface area contributed by atoms with Crippen molar-refractivity contribution in [2.24, 2.45) is 5.41 Å². The number of ether oxygens (including phenoxy) is 1. The molecule has 0 aromatic carbocycles. The van der Waals surface area contributed by atoms with Gasteiger partial charge >= 0.3 is 5.97 Å². The highest BCUT2D eigenvalue weighted by Crippen LogP contribution is 2.44. The van der Waals surface area contributed by atoms with Crippen LogP contribution in [0.1, 0.15) is 68.2 Å². The smallest absolute Gasteiger partial charge is 0.356 e. The number of hydrogen-bond donors (Lipinski definition) is 0. The molecule has 2 rings (SSSR count). The minimum absolute atomic E-state index is 0.0306. The molecule has 1 aliphatic carbocycles. The van der Waals surface area contributed by atoms with Crippen LogP contribution in [0.25, 0.3) is 0 Å². The van der Waals surface area contributed by atoms with Crippen LogP contribution in [0.15, 0.2) is 0 Å². The van der Waals surface area contributed by atoms with Gasteiger partial charge in [-0.3, -0.25) is 4.68 Å². The third-order valence-corrected chi connectivity index (χ3v) is 4.79. The fourth-order valence-corrected chi connectivity index (χ4v) is 3.28. The fourth-order valence-electron chi connectivity index (χ4n) is 3.28. The lowest BCUT2D eigenvalue weighted by Crippen LogP contribution is -2.35. The summed E-state index contributed by atoms with van der Waals surface area (Å²) < 4.78 is 60.6. The quantitative estimate of drug-likeness (QED) is 0.562. The standard InChI is InChI=1S/C17H24F4N2O2/c1-5-25-14(24)12-11(2)13(16(4,18)19)22-23(12)10-15(3)6-8-17(20,21)9-7-15/h5-10H2,1-4H3. The molecular weight excluding hydrogens is 340 g/mol. The maximum Gasteiger partial charge on any atom is 0.356 e. The van der Waals surface area contributed by atoms with E-state index in [0.717, 1.165) is 0 Å². The van der Waals surface area contributed by atoms with Crippen molar-refractivity contribution in [2.75, 3.05) is 6.61 Å².